The largest absolute Gasteiger partial charge is 0.325 e. The minimum absolute atomic E-state index is 0.0228. The van der Waals surface area contributed by atoms with Crippen LogP contribution in [0.1, 0.15) is 18.4 Å². The Kier molecular flexibility index (Phi) is 7.43. The SMILES string of the molecule is O=C(CCC(=O)Nc1ccccc1Br)N/N=C/c1ccc(Cl)c(Cl)c1. The molecule has 0 fully saturated rings. The highest BCUT2D eigenvalue weighted by molar-refractivity contribution is 9.10. The number of carbonyl (C=O) groups is 2. The first-order valence-corrected chi connectivity index (χ1v) is 8.82. The van der Waals surface area contributed by atoms with Crippen molar-refractivity contribution in [1.29, 1.82) is 0 Å². The molecule has 0 atom stereocenters. The molecule has 0 spiro atoms. The fourth-order valence-corrected chi connectivity index (χ4v) is 2.52. The number of hydrazone groups is 1. The molecule has 0 radical (unpaired) electrons. The molecule has 25 heavy (non-hydrogen) atoms. The number of hydrogen-bond acceptors (Lipinski definition) is 3. The molecule has 130 valence electrons. The summed E-state index contributed by atoms with van der Waals surface area (Å²) in [4.78, 5) is 23.6. The lowest BCUT2D eigenvalue weighted by Gasteiger charge is -2.06. The molecule has 8 heteroatoms. The van der Waals surface area contributed by atoms with Crippen LogP contribution in [0.4, 0.5) is 5.69 Å². The summed E-state index contributed by atoms with van der Waals surface area (Å²) in [5.74, 6) is -0.617. The maximum Gasteiger partial charge on any atom is 0.240 e. The molecule has 0 aliphatic carbocycles. The Hall–Kier alpha value is -1.89. The highest BCUT2D eigenvalue weighted by Gasteiger charge is 2.08. The molecule has 0 unspecified atom stereocenters. The van der Waals surface area contributed by atoms with E-state index in [1.165, 1.54) is 6.21 Å². The van der Waals surface area contributed by atoms with Gasteiger partial charge in [-0.2, -0.15) is 5.10 Å². The van der Waals surface area contributed by atoms with Crippen molar-refractivity contribution in [3.63, 3.8) is 0 Å². The number of amides is 2. The summed E-state index contributed by atoms with van der Waals surface area (Å²) in [6.07, 6.45) is 1.52. The number of hydrogen-bond donors (Lipinski definition) is 2. The molecule has 2 aromatic rings. The molecular formula is C17H14BrCl2N3O2. The molecule has 0 bridgehead atoms. The fraction of sp³-hybridized carbons (Fsp3) is 0.118. The maximum absolute atomic E-state index is 11.9. The Balaban J connectivity index is 1.76. The Morgan fingerprint density at radius 1 is 1.04 bits per heavy atom. The molecule has 0 heterocycles. The zero-order chi connectivity index (χ0) is 18.2. The number of anilines is 1. The van der Waals surface area contributed by atoms with Crippen LogP contribution < -0.4 is 10.7 Å². The molecule has 2 rings (SSSR count). The lowest BCUT2D eigenvalue weighted by molar-refractivity contribution is -0.124. The molecule has 0 aliphatic rings. The lowest BCUT2D eigenvalue weighted by Crippen LogP contribution is -2.20. The number of benzene rings is 2. The molecule has 2 aromatic carbocycles. The third kappa shape index (κ3) is 6.49. The van der Waals surface area contributed by atoms with Gasteiger partial charge in [0.15, 0.2) is 0 Å². The average Bonchev–Trinajstić information content (AvgIpc) is 2.58. The number of nitrogens with one attached hydrogen (secondary N) is 2. The first-order chi connectivity index (χ1) is 12.0. The summed E-state index contributed by atoms with van der Waals surface area (Å²) in [7, 11) is 0. The first-order valence-electron chi connectivity index (χ1n) is 7.27. The van der Waals surface area contributed by atoms with Crippen LogP contribution in [0.2, 0.25) is 10.0 Å². The van der Waals surface area contributed by atoms with Crippen molar-refractivity contribution in [1.82, 2.24) is 5.43 Å². The van der Waals surface area contributed by atoms with Gasteiger partial charge in [0, 0.05) is 17.3 Å². The third-order valence-corrected chi connectivity index (χ3v) is 4.50. The Morgan fingerprint density at radius 2 is 1.76 bits per heavy atom. The Bertz CT molecular complexity index is 812. The second-order valence-electron chi connectivity index (χ2n) is 4.99. The van der Waals surface area contributed by atoms with E-state index >= 15 is 0 Å². The van der Waals surface area contributed by atoms with Gasteiger partial charge >= 0.3 is 0 Å². The third-order valence-electron chi connectivity index (χ3n) is 3.07. The minimum atomic E-state index is -0.362. The van der Waals surface area contributed by atoms with Crippen molar-refractivity contribution >= 4 is 62.8 Å². The van der Waals surface area contributed by atoms with Crippen LogP contribution in [-0.4, -0.2) is 18.0 Å². The van der Waals surface area contributed by atoms with Crippen molar-refractivity contribution in [2.45, 2.75) is 12.8 Å². The lowest BCUT2D eigenvalue weighted by atomic mass is 10.2. The van der Waals surface area contributed by atoms with Crippen LogP contribution in [-0.2, 0) is 9.59 Å². The zero-order valence-electron chi connectivity index (χ0n) is 12.9. The maximum atomic E-state index is 11.9. The Morgan fingerprint density at radius 3 is 2.48 bits per heavy atom. The van der Waals surface area contributed by atoms with E-state index in [1.807, 2.05) is 18.2 Å². The van der Waals surface area contributed by atoms with Crippen LogP contribution in [0.15, 0.2) is 52.0 Å². The van der Waals surface area contributed by atoms with Crippen LogP contribution >= 0.6 is 39.1 Å². The molecular weight excluding hydrogens is 429 g/mol. The van der Waals surface area contributed by atoms with Gasteiger partial charge in [-0.25, -0.2) is 5.43 Å². The van der Waals surface area contributed by atoms with E-state index in [0.717, 1.165) is 4.47 Å². The standard InChI is InChI=1S/C17H14BrCl2N3O2/c18-12-3-1-2-4-15(12)22-16(24)7-8-17(25)23-21-10-11-5-6-13(19)14(20)9-11/h1-6,9-10H,7-8H2,(H,22,24)(H,23,25)/b21-10+. The van der Waals surface area contributed by atoms with Gasteiger partial charge in [-0.15, -0.1) is 0 Å². The van der Waals surface area contributed by atoms with Gasteiger partial charge in [0.05, 0.1) is 21.9 Å². The number of nitrogens with zero attached hydrogens (tertiary/aromatic N) is 1. The normalized spacial score (nSPS) is 10.7. The van der Waals surface area contributed by atoms with Gasteiger partial charge in [0.25, 0.3) is 0 Å². The molecule has 5 nitrogen and oxygen atoms in total. The van der Waals surface area contributed by atoms with Gasteiger partial charge < -0.3 is 5.32 Å². The smallest absolute Gasteiger partial charge is 0.240 e. The van der Waals surface area contributed by atoms with E-state index in [2.05, 4.69) is 31.8 Å². The van der Waals surface area contributed by atoms with Crippen molar-refractivity contribution in [2.75, 3.05) is 5.32 Å². The van der Waals surface area contributed by atoms with Gasteiger partial charge in [-0.1, -0.05) is 41.4 Å². The van der Waals surface area contributed by atoms with Crippen molar-refractivity contribution < 1.29 is 9.59 Å². The van der Waals surface area contributed by atoms with E-state index in [-0.39, 0.29) is 24.7 Å². The van der Waals surface area contributed by atoms with Crippen LogP contribution in [0.3, 0.4) is 0 Å². The van der Waals surface area contributed by atoms with Gasteiger partial charge in [-0.05, 0) is 45.8 Å². The van der Waals surface area contributed by atoms with E-state index in [4.69, 9.17) is 23.2 Å². The Labute approximate surface area is 163 Å². The van der Waals surface area contributed by atoms with Gasteiger partial charge in [-0.3, -0.25) is 9.59 Å². The first kappa shape index (κ1) is 19.4. The molecule has 0 saturated heterocycles. The number of carbonyl (C=O) groups excluding carboxylic acids is 2. The quantitative estimate of drug-likeness (QED) is 0.505. The number of para-hydroxylation sites is 1. The fourth-order valence-electron chi connectivity index (χ4n) is 1.83. The summed E-state index contributed by atoms with van der Waals surface area (Å²) >= 11 is 15.0. The number of halogens is 3. The van der Waals surface area contributed by atoms with E-state index in [1.54, 1.807) is 24.3 Å². The minimum Gasteiger partial charge on any atom is -0.325 e. The summed E-state index contributed by atoms with van der Waals surface area (Å²) < 4.78 is 0.777. The summed E-state index contributed by atoms with van der Waals surface area (Å²) in [6.45, 7) is 0. The summed E-state index contributed by atoms with van der Waals surface area (Å²) in [5.41, 5.74) is 3.71. The highest BCUT2D eigenvalue weighted by Crippen LogP contribution is 2.22. The van der Waals surface area contributed by atoms with E-state index in [0.29, 0.717) is 21.3 Å². The monoisotopic (exact) mass is 441 g/mol. The molecule has 0 aliphatic heterocycles. The highest BCUT2D eigenvalue weighted by atomic mass is 79.9. The second-order valence-corrected chi connectivity index (χ2v) is 6.66. The van der Waals surface area contributed by atoms with Crippen molar-refractivity contribution in [3.8, 4) is 0 Å². The zero-order valence-corrected chi connectivity index (χ0v) is 16.0. The summed E-state index contributed by atoms with van der Waals surface area (Å²) in [6, 6.07) is 12.2. The molecule has 0 saturated carbocycles. The predicted octanol–water partition coefficient (Wildman–Crippen LogP) is 4.62. The topological polar surface area (TPSA) is 70.6 Å². The van der Waals surface area contributed by atoms with Gasteiger partial charge in [0.1, 0.15) is 0 Å². The average molecular weight is 443 g/mol. The van der Waals surface area contributed by atoms with Crippen LogP contribution in [0.5, 0.6) is 0 Å². The van der Waals surface area contributed by atoms with Crippen molar-refractivity contribution in [2.24, 2.45) is 5.10 Å². The predicted molar refractivity (Wildman–Crippen MR) is 104 cm³/mol. The van der Waals surface area contributed by atoms with Crippen molar-refractivity contribution in [3.05, 3.63) is 62.5 Å². The number of rotatable bonds is 6. The van der Waals surface area contributed by atoms with Gasteiger partial charge in [0.2, 0.25) is 11.8 Å². The molecule has 2 N–H and O–H groups in total. The summed E-state index contributed by atoms with van der Waals surface area (Å²) in [5, 5.41) is 7.40. The van der Waals surface area contributed by atoms with Crippen LogP contribution in [0.25, 0.3) is 0 Å². The second kappa shape index (κ2) is 9.56. The molecule has 0 aromatic heterocycles. The van der Waals surface area contributed by atoms with Crippen LogP contribution in [0, 0.1) is 0 Å². The van der Waals surface area contributed by atoms with E-state index in [9.17, 15) is 9.59 Å². The molecule has 2 amide bonds. The van der Waals surface area contributed by atoms with E-state index < -0.39 is 0 Å².